The van der Waals surface area contributed by atoms with E-state index in [1.54, 1.807) is 26.1 Å². The number of hydrogen-bond acceptors (Lipinski definition) is 4. The Morgan fingerprint density at radius 3 is 2.45 bits per heavy atom. The summed E-state index contributed by atoms with van der Waals surface area (Å²) in [6, 6.07) is 8.36. The molecule has 0 spiro atoms. The van der Waals surface area contributed by atoms with E-state index in [2.05, 4.69) is 4.98 Å². The van der Waals surface area contributed by atoms with Crippen LogP contribution in [0.15, 0.2) is 36.5 Å². The molecule has 3 rings (SSSR count). The lowest BCUT2D eigenvalue weighted by Gasteiger charge is -2.18. The molecular weight excluding hydrogens is 282 g/mol. The number of carbonyl (C=O) groups excluding carboxylic acids is 3. The van der Waals surface area contributed by atoms with Gasteiger partial charge in [-0.15, -0.1) is 0 Å². The molecule has 2 heterocycles. The maximum absolute atomic E-state index is 12.3. The highest BCUT2D eigenvalue weighted by Gasteiger charge is 2.45. The molecule has 0 unspecified atom stereocenters. The second kappa shape index (κ2) is 5.22. The van der Waals surface area contributed by atoms with E-state index in [1.165, 1.54) is 0 Å². The third-order valence-corrected chi connectivity index (χ3v) is 3.65. The van der Waals surface area contributed by atoms with Crippen molar-refractivity contribution >= 4 is 28.7 Å². The summed E-state index contributed by atoms with van der Waals surface area (Å²) in [7, 11) is 0. The molecule has 0 N–H and O–H groups in total. The lowest BCUT2D eigenvalue weighted by Crippen LogP contribution is -2.37. The van der Waals surface area contributed by atoms with Crippen LogP contribution in [0.4, 0.5) is 4.79 Å². The molecule has 0 aliphatic carbocycles. The first-order valence-electron chi connectivity index (χ1n) is 7.02. The minimum Gasteiger partial charge on any atom is -0.263 e. The van der Waals surface area contributed by atoms with Gasteiger partial charge in [0, 0.05) is 17.6 Å². The van der Waals surface area contributed by atoms with Crippen LogP contribution in [0.1, 0.15) is 19.4 Å². The predicted octanol–water partition coefficient (Wildman–Crippen LogP) is 1.93. The van der Waals surface area contributed by atoms with E-state index >= 15 is 0 Å². The molecule has 4 amide bonds. The Hall–Kier alpha value is -2.76. The SMILES string of the molecule is CC(C)N1C(=O)C(=O)N(Cc2cccc3cccnc23)C1=O. The minimum absolute atomic E-state index is 0.0426. The van der Waals surface area contributed by atoms with Crippen LogP contribution < -0.4 is 0 Å². The van der Waals surface area contributed by atoms with E-state index in [4.69, 9.17) is 0 Å². The Labute approximate surface area is 127 Å². The molecule has 1 fully saturated rings. The van der Waals surface area contributed by atoms with E-state index in [0.29, 0.717) is 0 Å². The molecule has 1 aliphatic rings. The highest BCUT2D eigenvalue weighted by Crippen LogP contribution is 2.22. The quantitative estimate of drug-likeness (QED) is 0.641. The third kappa shape index (κ3) is 2.13. The Bertz CT molecular complexity index is 780. The van der Waals surface area contributed by atoms with Crippen molar-refractivity contribution in [1.82, 2.24) is 14.8 Å². The number of para-hydroxylation sites is 1. The van der Waals surface area contributed by atoms with Crippen molar-refractivity contribution < 1.29 is 14.4 Å². The van der Waals surface area contributed by atoms with Crippen LogP contribution >= 0.6 is 0 Å². The second-order valence-corrected chi connectivity index (χ2v) is 5.44. The zero-order valence-corrected chi connectivity index (χ0v) is 12.3. The molecular formula is C16H15N3O3. The highest BCUT2D eigenvalue weighted by molar-refractivity contribution is 6.44. The maximum Gasteiger partial charge on any atom is 0.334 e. The van der Waals surface area contributed by atoms with Crippen molar-refractivity contribution in [2.75, 3.05) is 0 Å². The van der Waals surface area contributed by atoms with Gasteiger partial charge in [0.2, 0.25) is 0 Å². The summed E-state index contributed by atoms with van der Waals surface area (Å²) in [6.45, 7) is 3.44. The molecule has 22 heavy (non-hydrogen) atoms. The van der Waals surface area contributed by atoms with Crippen molar-refractivity contribution in [3.63, 3.8) is 0 Å². The van der Waals surface area contributed by atoms with Crippen molar-refractivity contribution in [3.8, 4) is 0 Å². The molecule has 0 radical (unpaired) electrons. The van der Waals surface area contributed by atoms with Crippen LogP contribution in [0, 0.1) is 0 Å². The maximum atomic E-state index is 12.3. The summed E-state index contributed by atoms with van der Waals surface area (Å²) in [4.78, 5) is 42.5. The monoisotopic (exact) mass is 297 g/mol. The van der Waals surface area contributed by atoms with Gasteiger partial charge in [-0.1, -0.05) is 24.3 Å². The normalized spacial score (nSPS) is 15.5. The fraction of sp³-hybridized carbons (Fsp3) is 0.250. The van der Waals surface area contributed by atoms with Gasteiger partial charge < -0.3 is 0 Å². The molecule has 6 nitrogen and oxygen atoms in total. The van der Waals surface area contributed by atoms with Crippen LogP contribution in [0.3, 0.4) is 0 Å². The summed E-state index contributed by atoms with van der Waals surface area (Å²) in [5.41, 5.74) is 1.46. The van der Waals surface area contributed by atoms with Gasteiger partial charge in [0.25, 0.3) is 0 Å². The lowest BCUT2D eigenvalue weighted by atomic mass is 10.1. The topological polar surface area (TPSA) is 70.6 Å². The van der Waals surface area contributed by atoms with Gasteiger partial charge in [0.05, 0.1) is 12.1 Å². The van der Waals surface area contributed by atoms with E-state index < -0.39 is 17.8 Å². The number of carbonyl (C=O) groups is 3. The van der Waals surface area contributed by atoms with E-state index in [1.807, 2.05) is 24.3 Å². The molecule has 2 aromatic rings. The van der Waals surface area contributed by atoms with Gasteiger partial charge in [-0.05, 0) is 25.5 Å². The summed E-state index contributed by atoms with van der Waals surface area (Å²) in [5, 5.41) is 0.922. The Balaban J connectivity index is 1.97. The first-order chi connectivity index (χ1) is 10.5. The van der Waals surface area contributed by atoms with Crippen LogP contribution in [0.25, 0.3) is 10.9 Å². The van der Waals surface area contributed by atoms with E-state index in [-0.39, 0.29) is 12.6 Å². The Morgan fingerprint density at radius 1 is 1.05 bits per heavy atom. The molecule has 0 atom stereocenters. The zero-order chi connectivity index (χ0) is 15.9. The van der Waals surface area contributed by atoms with Gasteiger partial charge in [0.15, 0.2) is 0 Å². The molecule has 6 heteroatoms. The largest absolute Gasteiger partial charge is 0.334 e. The Morgan fingerprint density at radius 2 is 1.77 bits per heavy atom. The minimum atomic E-state index is -0.786. The smallest absolute Gasteiger partial charge is 0.263 e. The number of rotatable bonds is 3. The van der Waals surface area contributed by atoms with Gasteiger partial charge in [-0.3, -0.25) is 24.4 Å². The third-order valence-electron chi connectivity index (χ3n) is 3.65. The van der Waals surface area contributed by atoms with Crippen molar-refractivity contribution in [1.29, 1.82) is 0 Å². The number of benzene rings is 1. The molecule has 1 aliphatic heterocycles. The Kier molecular flexibility index (Phi) is 3.36. The van der Waals surface area contributed by atoms with E-state index in [9.17, 15) is 14.4 Å². The number of pyridine rings is 1. The number of aromatic nitrogens is 1. The first-order valence-corrected chi connectivity index (χ1v) is 7.02. The zero-order valence-electron chi connectivity index (χ0n) is 12.3. The fourth-order valence-electron chi connectivity index (χ4n) is 2.58. The van der Waals surface area contributed by atoms with Crippen molar-refractivity contribution in [3.05, 3.63) is 42.1 Å². The number of amides is 4. The van der Waals surface area contributed by atoms with Gasteiger partial charge in [-0.2, -0.15) is 0 Å². The summed E-state index contributed by atoms with van der Waals surface area (Å²) < 4.78 is 0. The van der Waals surface area contributed by atoms with Gasteiger partial charge in [-0.25, -0.2) is 4.79 Å². The average molecular weight is 297 g/mol. The summed E-state index contributed by atoms with van der Waals surface area (Å²) in [6.07, 6.45) is 1.66. The lowest BCUT2D eigenvalue weighted by molar-refractivity contribution is -0.144. The molecule has 1 aromatic carbocycles. The van der Waals surface area contributed by atoms with Crippen LogP contribution in [-0.2, 0) is 16.1 Å². The van der Waals surface area contributed by atoms with Crippen molar-refractivity contribution in [2.24, 2.45) is 0 Å². The molecule has 0 saturated carbocycles. The molecule has 1 saturated heterocycles. The number of fused-ring (bicyclic) bond motifs is 1. The van der Waals surface area contributed by atoms with Gasteiger partial charge in [0.1, 0.15) is 0 Å². The fourth-order valence-corrected chi connectivity index (χ4v) is 2.58. The number of hydrogen-bond donors (Lipinski definition) is 0. The summed E-state index contributed by atoms with van der Waals surface area (Å²) >= 11 is 0. The highest BCUT2D eigenvalue weighted by atomic mass is 16.2. The van der Waals surface area contributed by atoms with Crippen LogP contribution in [-0.4, -0.2) is 38.7 Å². The molecule has 112 valence electrons. The van der Waals surface area contributed by atoms with Crippen LogP contribution in [0.2, 0.25) is 0 Å². The average Bonchev–Trinajstić information content (AvgIpc) is 2.71. The molecule has 1 aromatic heterocycles. The predicted molar refractivity (Wildman–Crippen MR) is 79.7 cm³/mol. The number of urea groups is 1. The van der Waals surface area contributed by atoms with Crippen molar-refractivity contribution in [2.45, 2.75) is 26.4 Å². The summed E-state index contributed by atoms with van der Waals surface area (Å²) in [5.74, 6) is -1.56. The van der Waals surface area contributed by atoms with Gasteiger partial charge >= 0.3 is 17.8 Å². The first kappa shape index (κ1) is 14.2. The van der Waals surface area contributed by atoms with E-state index in [0.717, 1.165) is 26.3 Å². The molecule has 0 bridgehead atoms. The number of nitrogens with zero attached hydrogens (tertiary/aromatic N) is 3. The standard InChI is InChI=1S/C16H15N3O3/c1-10(2)19-15(21)14(20)18(16(19)22)9-12-6-3-5-11-7-4-8-17-13(11)12/h3-8,10H,9H2,1-2H3. The number of imide groups is 2. The second-order valence-electron chi connectivity index (χ2n) is 5.44. The van der Waals surface area contributed by atoms with Crippen LogP contribution in [0.5, 0.6) is 0 Å².